The van der Waals surface area contributed by atoms with Gasteiger partial charge in [-0.05, 0) is 25.1 Å². The maximum absolute atomic E-state index is 13.5. The summed E-state index contributed by atoms with van der Waals surface area (Å²) in [5.74, 6) is -1.31. The van der Waals surface area contributed by atoms with Crippen molar-refractivity contribution in [2.75, 3.05) is 13.1 Å². The van der Waals surface area contributed by atoms with E-state index in [0.29, 0.717) is 17.1 Å². The van der Waals surface area contributed by atoms with E-state index in [1.165, 1.54) is 6.07 Å². The van der Waals surface area contributed by atoms with Crippen molar-refractivity contribution in [2.45, 2.75) is 19.9 Å². The first-order valence-electron chi connectivity index (χ1n) is 5.41. The Balaban J connectivity index is 2.74. The lowest BCUT2D eigenvalue weighted by atomic mass is 10.2. The topological polar surface area (TPSA) is 40.5 Å². The van der Waals surface area contributed by atoms with Crippen LogP contribution in [0.25, 0.3) is 0 Å². The van der Waals surface area contributed by atoms with Crippen molar-refractivity contribution < 1.29 is 14.3 Å². The fourth-order valence-corrected chi connectivity index (χ4v) is 1.77. The first kappa shape index (κ1) is 13.9. The molecule has 0 heterocycles. The minimum absolute atomic E-state index is 0.0874. The minimum Gasteiger partial charge on any atom is -0.480 e. The third-order valence-electron chi connectivity index (χ3n) is 2.31. The van der Waals surface area contributed by atoms with Gasteiger partial charge >= 0.3 is 5.97 Å². The fraction of sp³-hybridized carbons (Fsp3) is 0.417. The summed E-state index contributed by atoms with van der Waals surface area (Å²) >= 11 is 5.65. The molecule has 94 valence electrons. The van der Waals surface area contributed by atoms with Crippen LogP contribution in [-0.4, -0.2) is 29.1 Å². The Labute approximate surface area is 105 Å². The van der Waals surface area contributed by atoms with Crippen LogP contribution in [0.3, 0.4) is 0 Å². The molecule has 0 bridgehead atoms. The molecular formula is C12H15ClFNO2. The van der Waals surface area contributed by atoms with Crippen LogP contribution >= 0.6 is 11.6 Å². The predicted molar refractivity (Wildman–Crippen MR) is 64.6 cm³/mol. The summed E-state index contributed by atoms with van der Waals surface area (Å²) in [7, 11) is 0. The predicted octanol–water partition coefficient (Wildman–Crippen LogP) is 2.78. The molecule has 0 saturated carbocycles. The summed E-state index contributed by atoms with van der Waals surface area (Å²) in [5, 5.41) is 9.08. The summed E-state index contributed by atoms with van der Waals surface area (Å²) in [5.41, 5.74) is 0.462. The van der Waals surface area contributed by atoms with Gasteiger partial charge in [-0.2, -0.15) is 0 Å². The van der Waals surface area contributed by atoms with Gasteiger partial charge in [0.2, 0.25) is 0 Å². The van der Waals surface area contributed by atoms with E-state index in [4.69, 9.17) is 16.7 Å². The number of hydrogen-bond acceptors (Lipinski definition) is 2. The maximum Gasteiger partial charge on any atom is 0.317 e. The van der Waals surface area contributed by atoms with Gasteiger partial charge in [0.25, 0.3) is 0 Å². The van der Waals surface area contributed by atoms with Crippen molar-refractivity contribution in [1.82, 2.24) is 4.90 Å². The lowest BCUT2D eigenvalue weighted by Gasteiger charge is -2.19. The van der Waals surface area contributed by atoms with Crippen molar-refractivity contribution in [3.8, 4) is 0 Å². The number of carboxylic acid groups (broad SMARTS) is 1. The third-order valence-corrected chi connectivity index (χ3v) is 2.54. The van der Waals surface area contributed by atoms with Crippen LogP contribution < -0.4 is 0 Å². The monoisotopic (exact) mass is 259 g/mol. The molecule has 0 aromatic heterocycles. The van der Waals surface area contributed by atoms with Gasteiger partial charge in [-0.15, -0.1) is 0 Å². The standard InChI is InChI=1S/C12H15ClFNO2/c1-2-5-15(8-12(16)17)7-9-3-4-10(13)6-11(9)14/h3-4,6H,2,5,7-8H2,1H3,(H,16,17). The Morgan fingerprint density at radius 3 is 2.76 bits per heavy atom. The number of aliphatic carboxylic acids is 1. The summed E-state index contributed by atoms with van der Waals surface area (Å²) < 4.78 is 13.5. The molecule has 1 aromatic rings. The molecule has 0 aliphatic rings. The molecule has 1 rings (SSSR count). The second-order valence-corrected chi connectivity index (χ2v) is 4.28. The zero-order valence-corrected chi connectivity index (χ0v) is 10.4. The fourth-order valence-electron chi connectivity index (χ4n) is 1.61. The van der Waals surface area contributed by atoms with E-state index in [9.17, 15) is 9.18 Å². The van der Waals surface area contributed by atoms with Gasteiger partial charge in [0, 0.05) is 17.1 Å². The molecule has 0 fully saturated rings. The Hall–Kier alpha value is -1.13. The van der Waals surface area contributed by atoms with Crippen molar-refractivity contribution >= 4 is 17.6 Å². The summed E-state index contributed by atoms with van der Waals surface area (Å²) in [6, 6.07) is 4.43. The van der Waals surface area contributed by atoms with Crippen LogP contribution in [0.4, 0.5) is 4.39 Å². The van der Waals surface area contributed by atoms with Gasteiger partial charge in [0.15, 0.2) is 0 Å². The Morgan fingerprint density at radius 2 is 2.24 bits per heavy atom. The quantitative estimate of drug-likeness (QED) is 0.854. The number of benzene rings is 1. The van der Waals surface area contributed by atoms with Crippen LogP contribution in [0.2, 0.25) is 5.02 Å². The first-order valence-corrected chi connectivity index (χ1v) is 5.78. The van der Waals surface area contributed by atoms with Gasteiger partial charge in [-0.1, -0.05) is 24.6 Å². The molecule has 0 amide bonds. The largest absolute Gasteiger partial charge is 0.480 e. The van der Waals surface area contributed by atoms with Crippen LogP contribution in [0.1, 0.15) is 18.9 Å². The minimum atomic E-state index is -0.909. The van der Waals surface area contributed by atoms with E-state index >= 15 is 0 Å². The molecule has 17 heavy (non-hydrogen) atoms. The highest BCUT2D eigenvalue weighted by Crippen LogP contribution is 2.16. The summed E-state index contributed by atoms with van der Waals surface area (Å²) in [6.45, 7) is 2.76. The molecule has 1 N–H and O–H groups in total. The Bertz CT molecular complexity index is 398. The number of hydrogen-bond donors (Lipinski definition) is 1. The smallest absolute Gasteiger partial charge is 0.317 e. The van der Waals surface area contributed by atoms with Gasteiger partial charge in [0.1, 0.15) is 5.82 Å². The normalized spacial score (nSPS) is 10.8. The number of carbonyl (C=O) groups is 1. The lowest BCUT2D eigenvalue weighted by Crippen LogP contribution is -2.30. The van der Waals surface area contributed by atoms with E-state index < -0.39 is 11.8 Å². The second-order valence-electron chi connectivity index (χ2n) is 3.84. The van der Waals surface area contributed by atoms with E-state index in [0.717, 1.165) is 6.42 Å². The SMILES string of the molecule is CCCN(CC(=O)O)Cc1ccc(Cl)cc1F. The average molecular weight is 260 g/mol. The maximum atomic E-state index is 13.5. The van der Waals surface area contributed by atoms with Gasteiger partial charge < -0.3 is 5.11 Å². The summed E-state index contributed by atoms with van der Waals surface area (Å²) in [6.07, 6.45) is 0.822. The van der Waals surface area contributed by atoms with E-state index in [1.54, 1.807) is 17.0 Å². The summed E-state index contributed by atoms with van der Waals surface area (Å²) in [4.78, 5) is 12.3. The zero-order valence-electron chi connectivity index (χ0n) is 9.62. The van der Waals surface area contributed by atoms with Crippen molar-refractivity contribution in [1.29, 1.82) is 0 Å². The van der Waals surface area contributed by atoms with Crippen molar-refractivity contribution in [2.24, 2.45) is 0 Å². The third kappa shape index (κ3) is 4.71. The first-order chi connectivity index (χ1) is 8.02. The highest BCUT2D eigenvalue weighted by molar-refractivity contribution is 6.30. The molecule has 1 aromatic carbocycles. The van der Waals surface area contributed by atoms with Crippen LogP contribution in [0.15, 0.2) is 18.2 Å². The Morgan fingerprint density at radius 1 is 1.53 bits per heavy atom. The molecule has 0 spiro atoms. The van der Waals surface area contributed by atoms with Crippen LogP contribution in [-0.2, 0) is 11.3 Å². The molecule has 0 saturated heterocycles. The van der Waals surface area contributed by atoms with Gasteiger partial charge in [-0.25, -0.2) is 4.39 Å². The van der Waals surface area contributed by atoms with Crippen molar-refractivity contribution in [3.63, 3.8) is 0 Å². The molecule has 3 nitrogen and oxygen atoms in total. The highest BCUT2D eigenvalue weighted by atomic mass is 35.5. The lowest BCUT2D eigenvalue weighted by molar-refractivity contribution is -0.138. The van der Waals surface area contributed by atoms with E-state index in [1.807, 2.05) is 6.92 Å². The van der Waals surface area contributed by atoms with Gasteiger partial charge in [0.05, 0.1) is 6.54 Å². The van der Waals surface area contributed by atoms with Crippen LogP contribution in [0, 0.1) is 5.82 Å². The molecule has 0 aliphatic carbocycles. The van der Waals surface area contributed by atoms with Gasteiger partial charge in [-0.3, -0.25) is 9.69 Å². The number of rotatable bonds is 6. The Kier molecular flexibility index (Phi) is 5.38. The molecular weight excluding hydrogens is 245 g/mol. The number of nitrogens with zero attached hydrogens (tertiary/aromatic N) is 1. The van der Waals surface area contributed by atoms with E-state index in [2.05, 4.69) is 0 Å². The highest BCUT2D eigenvalue weighted by Gasteiger charge is 2.12. The second kappa shape index (κ2) is 6.57. The van der Waals surface area contributed by atoms with Crippen LogP contribution in [0.5, 0.6) is 0 Å². The number of carboxylic acids is 1. The molecule has 0 radical (unpaired) electrons. The average Bonchev–Trinajstić information content (AvgIpc) is 2.21. The van der Waals surface area contributed by atoms with Crippen molar-refractivity contribution in [3.05, 3.63) is 34.6 Å². The molecule has 0 atom stereocenters. The molecule has 5 heteroatoms. The van der Waals surface area contributed by atoms with E-state index in [-0.39, 0.29) is 13.1 Å². The zero-order chi connectivity index (χ0) is 12.8. The molecule has 0 unspecified atom stereocenters. The molecule has 0 aliphatic heterocycles. The number of halogens is 2.